The van der Waals surface area contributed by atoms with Gasteiger partial charge in [-0.15, -0.1) is 0 Å². The summed E-state index contributed by atoms with van der Waals surface area (Å²) in [5, 5.41) is 4.75. The Hall–Kier alpha value is -2.02. The minimum atomic E-state index is -0.933. The molecular formula is C12H15F2N3O2. The molecule has 104 valence electrons. The molecule has 1 aromatic rings. The fraction of sp³-hybridized carbons (Fsp3) is 0.333. The smallest absolute Gasteiger partial charge is 0.257 e. The number of hydrogen-bond donors (Lipinski definition) is 3. The number of nitrogens with one attached hydrogen (secondary N) is 2. The van der Waals surface area contributed by atoms with Gasteiger partial charge in [0.15, 0.2) is 0 Å². The largest absolute Gasteiger partial charge is 0.353 e. The average molecular weight is 271 g/mol. The van der Waals surface area contributed by atoms with E-state index in [0.717, 1.165) is 12.1 Å². The van der Waals surface area contributed by atoms with Gasteiger partial charge < -0.3 is 16.4 Å². The molecule has 0 spiro atoms. The first-order valence-electron chi connectivity index (χ1n) is 5.69. The molecule has 1 atom stereocenters. The van der Waals surface area contributed by atoms with E-state index in [-0.39, 0.29) is 19.0 Å². The zero-order valence-corrected chi connectivity index (χ0v) is 10.4. The van der Waals surface area contributed by atoms with Crippen molar-refractivity contribution in [1.29, 1.82) is 0 Å². The zero-order valence-electron chi connectivity index (χ0n) is 10.4. The van der Waals surface area contributed by atoms with Crippen LogP contribution in [0.1, 0.15) is 17.3 Å². The van der Waals surface area contributed by atoms with Gasteiger partial charge in [0.2, 0.25) is 5.91 Å². The summed E-state index contributed by atoms with van der Waals surface area (Å²) < 4.78 is 26.5. The van der Waals surface area contributed by atoms with Crippen molar-refractivity contribution in [2.24, 2.45) is 5.73 Å². The monoisotopic (exact) mass is 271 g/mol. The lowest BCUT2D eigenvalue weighted by atomic mass is 10.2. The summed E-state index contributed by atoms with van der Waals surface area (Å²) in [6, 6.07) is 2.51. The van der Waals surface area contributed by atoms with E-state index >= 15 is 0 Å². The number of nitrogens with two attached hydrogens (primary N) is 1. The first kappa shape index (κ1) is 15.0. The van der Waals surface area contributed by atoms with Crippen LogP contribution in [-0.2, 0) is 4.79 Å². The number of carbonyl (C=O) groups is 2. The van der Waals surface area contributed by atoms with E-state index in [4.69, 9.17) is 5.73 Å². The number of amides is 2. The molecule has 0 bridgehead atoms. The summed E-state index contributed by atoms with van der Waals surface area (Å²) >= 11 is 0. The summed E-state index contributed by atoms with van der Waals surface area (Å²) in [5.74, 6) is -3.11. The normalized spacial score (nSPS) is 11.8. The molecule has 7 heteroatoms. The third-order valence-corrected chi connectivity index (χ3v) is 2.31. The second-order valence-electron chi connectivity index (χ2n) is 3.93. The van der Waals surface area contributed by atoms with Gasteiger partial charge in [0.05, 0.1) is 6.04 Å². The van der Waals surface area contributed by atoms with Gasteiger partial charge in [-0.25, -0.2) is 8.78 Å². The third kappa shape index (κ3) is 4.29. The van der Waals surface area contributed by atoms with E-state index in [2.05, 4.69) is 10.6 Å². The predicted molar refractivity (Wildman–Crippen MR) is 65.4 cm³/mol. The standard InChI is InChI=1S/C12H15F2N3O2/c1-7(15)11(18)16-5-6-17-12(19)10-8(13)3-2-4-9(10)14/h2-4,7H,5-6,15H2,1H3,(H,16,18)(H,17,19)/t7-/m1/s1. The third-order valence-electron chi connectivity index (χ3n) is 2.31. The topological polar surface area (TPSA) is 84.2 Å². The fourth-order valence-corrected chi connectivity index (χ4v) is 1.33. The van der Waals surface area contributed by atoms with Crippen molar-refractivity contribution in [3.05, 3.63) is 35.4 Å². The van der Waals surface area contributed by atoms with Gasteiger partial charge in [0, 0.05) is 13.1 Å². The Bertz CT molecular complexity index is 458. The number of halogens is 2. The van der Waals surface area contributed by atoms with Gasteiger partial charge in [-0.2, -0.15) is 0 Å². The van der Waals surface area contributed by atoms with Crippen molar-refractivity contribution in [2.45, 2.75) is 13.0 Å². The van der Waals surface area contributed by atoms with Gasteiger partial charge >= 0.3 is 0 Å². The van der Waals surface area contributed by atoms with E-state index in [9.17, 15) is 18.4 Å². The Morgan fingerprint density at radius 3 is 2.26 bits per heavy atom. The first-order valence-corrected chi connectivity index (χ1v) is 5.69. The molecule has 0 aromatic heterocycles. The molecule has 0 aliphatic rings. The zero-order chi connectivity index (χ0) is 14.4. The quantitative estimate of drug-likeness (QED) is 0.667. The minimum absolute atomic E-state index is 0.0467. The molecule has 0 unspecified atom stereocenters. The molecule has 2 amide bonds. The maximum absolute atomic E-state index is 13.3. The Kier molecular flexibility index (Phi) is 5.37. The Morgan fingerprint density at radius 1 is 1.21 bits per heavy atom. The summed E-state index contributed by atoms with van der Waals surface area (Å²) in [5.41, 5.74) is 4.67. The number of carbonyl (C=O) groups excluding carboxylic acids is 2. The van der Waals surface area contributed by atoms with Crippen LogP contribution in [0.3, 0.4) is 0 Å². The summed E-state index contributed by atoms with van der Waals surface area (Å²) in [4.78, 5) is 22.6. The highest BCUT2D eigenvalue weighted by molar-refractivity contribution is 5.94. The molecule has 1 rings (SSSR count). The fourth-order valence-electron chi connectivity index (χ4n) is 1.33. The minimum Gasteiger partial charge on any atom is -0.353 e. The van der Waals surface area contributed by atoms with Gasteiger partial charge in [-0.3, -0.25) is 9.59 Å². The van der Waals surface area contributed by atoms with Gasteiger partial charge in [-0.1, -0.05) is 6.07 Å². The highest BCUT2D eigenvalue weighted by atomic mass is 19.1. The van der Waals surface area contributed by atoms with E-state index in [1.165, 1.54) is 13.0 Å². The van der Waals surface area contributed by atoms with Crippen LogP contribution in [-0.4, -0.2) is 30.9 Å². The molecule has 4 N–H and O–H groups in total. The molecule has 0 saturated carbocycles. The van der Waals surface area contributed by atoms with Crippen LogP contribution in [0, 0.1) is 11.6 Å². The molecule has 0 saturated heterocycles. The molecule has 0 heterocycles. The lowest BCUT2D eigenvalue weighted by Gasteiger charge is -2.09. The SMILES string of the molecule is C[C@@H](N)C(=O)NCCNC(=O)c1c(F)cccc1F. The van der Waals surface area contributed by atoms with Crippen molar-refractivity contribution in [3.63, 3.8) is 0 Å². The molecular weight excluding hydrogens is 256 g/mol. The molecule has 1 aromatic carbocycles. The highest BCUT2D eigenvalue weighted by Crippen LogP contribution is 2.11. The molecule has 0 fully saturated rings. The van der Waals surface area contributed by atoms with Crippen molar-refractivity contribution in [2.75, 3.05) is 13.1 Å². The molecule has 19 heavy (non-hydrogen) atoms. The molecule has 0 aliphatic heterocycles. The lowest BCUT2D eigenvalue weighted by Crippen LogP contribution is -2.42. The van der Waals surface area contributed by atoms with Gasteiger partial charge in [0.25, 0.3) is 5.91 Å². The van der Waals surface area contributed by atoms with Crippen LogP contribution in [0.5, 0.6) is 0 Å². The maximum Gasteiger partial charge on any atom is 0.257 e. The van der Waals surface area contributed by atoms with Crippen LogP contribution in [0.25, 0.3) is 0 Å². The maximum atomic E-state index is 13.3. The number of rotatable bonds is 5. The van der Waals surface area contributed by atoms with Crippen LogP contribution >= 0.6 is 0 Å². The van der Waals surface area contributed by atoms with Crippen LogP contribution < -0.4 is 16.4 Å². The van der Waals surface area contributed by atoms with Crippen molar-refractivity contribution >= 4 is 11.8 Å². The highest BCUT2D eigenvalue weighted by Gasteiger charge is 2.16. The summed E-state index contributed by atoms with van der Waals surface area (Å²) in [7, 11) is 0. The van der Waals surface area contributed by atoms with Crippen molar-refractivity contribution < 1.29 is 18.4 Å². The number of benzene rings is 1. The van der Waals surface area contributed by atoms with Gasteiger partial charge in [0.1, 0.15) is 17.2 Å². The Labute approximate surface area is 109 Å². The lowest BCUT2D eigenvalue weighted by molar-refractivity contribution is -0.121. The summed E-state index contributed by atoms with van der Waals surface area (Å²) in [6.07, 6.45) is 0. The van der Waals surface area contributed by atoms with Crippen molar-refractivity contribution in [3.8, 4) is 0 Å². The summed E-state index contributed by atoms with van der Waals surface area (Å²) in [6.45, 7) is 1.69. The van der Waals surface area contributed by atoms with E-state index in [0.29, 0.717) is 0 Å². The van der Waals surface area contributed by atoms with Crippen LogP contribution in [0.4, 0.5) is 8.78 Å². The second-order valence-corrected chi connectivity index (χ2v) is 3.93. The van der Waals surface area contributed by atoms with Crippen LogP contribution in [0.15, 0.2) is 18.2 Å². The van der Waals surface area contributed by atoms with Crippen molar-refractivity contribution in [1.82, 2.24) is 10.6 Å². The molecule has 0 radical (unpaired) electrons. The molecule has 5 nitrogen and oxygen atoms in total. The van der Waals surface area contributed by atoms with Gasteiger partial charge in [-0.05, 0) is 19.1 Å². The average Bonchev–Trinajstić information content (AvgIpc) is 2.34. The second kappa shape index (κ2) is 6.79. The Morgan fingerprint density at radius 2 is 1.74 bits per heavy atom. The van der Waals surface area contributed by atoms with E-state index in [1.807, 2.05) is 0 Å². The Balaban J connectivity index is 2.46. The first-order chi connectivity index (χ1) is 8.93. The number of hydrogen-bond acceptors (Lipinski definition) is 3. The van der Waals surface area contributed by atoms with Crippen LogP contribution in [0.2, 0.25) is 0 Å². The van der Waals surface area contributed by atoms with E-state index < -0.39 is 29.1 Å². The predicted octanol–water partition coefficient (Wildman–Crippen LogP) is 0.158. The molecule has 0 aliphatic carbocycles. The van der Waals surface area contributed by atoms with E-state index in [1.54, 1.807) is 0 Å².